The predicted octanol–water partition coefficient (Wildman–Crippen LogP) is 9.31. The molecule has 0 heterocycles. The van der Waals surface area contributed by atoms with Crippen molar-refractivity contribution in [2.75, 3.05) is 6.61 Å². The molecule has 1 saturated carbocycles. The normalized spacial score (nSPS) is 14.8. The van der Waals surface area contributed by atoms with E-state index in [9.17, 15) is 0 Å². The zero-order valence-electron chi connectivity index (χ0n) is 21.1. The molecule has 1 nitrogen and oxygen atoms in total. The van der Waals surface area contributed by atoms with Crippen LogP contribution in [0.15, 0.2) is 109 Å². The van der Waals surface area contributed by atoms with Gasteiger partial charge in [0, 0.05) is 5.41 Å². The first-order valence-electron chi connectivity index (χ1n) is 13.4. The van der Waals surface area contributed by atoms with Crippen molar-refractivity contribution in [3.05, 3.63) is 126 Å². The minimum absolute atomic E-state index is 0.296. The second-order valence-corrected chi connectivity index (χ2v) is 10.6. The molecule has 1 aliphatic carbocycles. The van der Waals surface area contributed by atoms with E-state index in [-0.39, 0.29) is 5.41 Å². The van der Waals surface area contributed by atoms with E-state index in [1.165, 1.54) is 70.3 Å². The van der Waals surface area contributed by atoms with Crippen LogP contribution >= 0.6 is 0 Å². The van der Waals surface area contributed by atoms with E-state index in [1.807, 2.05) is 0 Å². The van der Waals surface area contributed by atoms with Crippen LogP contribution in [-0.2, 0) is 5.41 Å². The van der Waals surface area contributed by atoms with Crippen LogP contribution in [0.25, 0.3) is 21.5 Å². The Morgan fingerprint density at radius 3 is 1.64 bits per heavy atom. The average molecular weight is 471 g/mol. The minimum atomic E-state index is -0.296. The van der Waals surface area contributed by atoms with Crippen molar-refractivity contribution in [2.24, 2.45) is 5.92 Å². The first kappa shape index (κ1) is 22.9. The number of benzene rings is 5. The Labute approximate surface area is 214 Å². The van der Waals surface area contributed by atoms with E-state index >= 15 is 0 Å². The fraction of sp³-hybridized carbons (Fsp3) is 0.257. The van der Waals surface area contributed by atoms with Crippen LogP contribution in [0.1, 0.15) is 55.7 Å². The van der Waals surface area contributed by atoms with Crippen molar-refractivity contribution in [3.8, 4) is 5.75 Å². The number of rotatable bonds is 6. The van der Waals surface area contributed by atoms with Gasteiger partial charge in [0.1, 0.15) is 5.75 Å². The van der Waals surface area contributed by atoms with Crippen LogP contribution in [0, 0.1) is 5.92 Å². The molecule has 0 bridgehead atoms. The van der Waals surface area contributed by atoms with Gasteiger partial charge in [-0.05, 0) is 88.2 Å². The fourth-order valence-electron chi connectivity index (χ4n) is 5.95. The highest BCUT2D eigenvalue weighted by Crippen LogP contribution is 2.41. The molecule has 6 rings (SSSR count). The van der Waals surface area contributed by atoms with Crippen LogP contribution in [0.4, 0.5) is 0 Å². The second kappa shape index (κ2) is 9.82. The second-order valence-electron chi connectivity index (χ2n) is 10.6. The fourth-order valence-corrected chi connectivity index (χ4v) is 5.95. The highest BCUT2D eigenvalue weighted by atomic mass is 16.5. The van der Waals surface area contributed by atoms with Gasteiger partial charge in [-0.25, -0.2) is 0 Å². The predicted molar refractivity (Wildman–Crippen MR) is 152 cm³/mol. The SMILES string of the molecule is CC(c1ccc(OCC2CCCCC2)cc1)(c1ccc2ccccc2c1)c1ccc2ccccc2c1. The molecular weight excluding hydrogens is 436 g/mol. The lowest BCUT2D eigenvalue weighted by molar-refractivity contribution is 0.209. The molecule has 0 aromatic heterocycles. The van der Waals surface area contributed by atoms with E-state index in [1.54, 1.807) is 0 Å². The quantitative estimate of drug-likeness (QED) is 0.225. The summed E-state index contributed by atoms with van der Waals surface area (Å²) in [6.07, 6.45) is 6.69. The van der Waals surface area contributed by atoms with Gasteiger partial charge in [-0.15, -0.1) is 0 Å². The molecule has 5 aromatic carbocycles. The maximum absolute atomic E-state index is 6.24. The summed E-state index contributed by atoms with van der Waals surface area (Å²) < 4.78 is 6.24. The monoisotopic (exact) mass is 470 g/mol. The van der Waals surface area contributed by atoms with Gasteiger partial charge in [0.15, 0.2) is 0 Å². The third-order valence-corrected chi connectivity index (χ3v) is 8.30. The van der Waals surface area contributed by atoms with Gasteiger partial charge >= 0.3 is 0 Å². The largest absolute Gasteiger partial charge is 0.493 e. The summed E-state index contributed by atoms with van der Waals surface area (Å²) in [7, 11) is 0. The number of ether oxygens (including phenoxy) is 1. The number of hydrogen-bond acceptors (Lipinski definition) is 1. The van der Waals surface area contributed by atoms with Gasteiger partial charge in [0.2, 0.25) is 0 Å². The van der Waals surface area contributed by atoms with Crippen LogP contribution < -0.4 is 4.74 Å². The van der Waals surface area contributed by atoms with Crippen LogP contribution in [0.3, 0.4) is 0 Å². The Bertz CT molecular complexity index is 1390. The first-order valence-corrected chi connectivity index (χ1v) is 13.4. The van der Waals surface area contributed by atoms with E-state index in [4.69, 9.17) is 4.74 Å². The molecule has 0 amide bonds. The molecule has 0 unspecified atom stereocenters. The summed E-state index contributed by atoms with van der Waals surface area (Å²) >= 11 is 0. The van der Waals surface area contributed by atoms with Crippen LogP contribution in [-0.4, -0.2) is 6.61 Å². The van der Waals surface area contributed by atoms with Gasteiger partial charge in [0.25, 0.3) is 0 Å². The van der Waals surface area contributed by atoms with Crippen molar-refractivity contribution in [1.29, 1.82) is 0 Å². The Morgan fingerprint density at radius 1 is 0.583 bits per heavy atom. The molecule has 1 fully saturated rings. The summed E-state index contributed by atoms with van der Waals surface area (Å²) in [5, 5.41) is 5.09. The third kappa shape index (κ3) is 4.39. The van der Waals surface area contributed by atoms with Gasteiger partial charge in [-0.1, -0.05) is 104 Å². The standard InChI is InChI=1S/C35H34O/c1-35(32-17-15-27-11-5-7-13-29(27)23-32,33-18-16-28-12-6-8-14-30(28)24-33)31-19-21-34(22-20-31)36-25-26-9-3-2-4-10-26/h5-8,11-24,26H,2-4,9-10,25H2,1H3. The number of fused-ring (bicyclic) bond motifs is 2. The molecule has 0 spiro atoms. The summed E-state index contributed by atoms with van der Waals surface area (Å²) in [4.78, 5) is 0. The summed E-state index contributed by atoms with van der Waals surface area (Å²) in [5.74, 6) is 1.68. The highest BCUT2D eigenvalue weighted by molar-refractivity contribution is 5.85. The minimum Gasteiger partial charge on any atom is -0.493 e. The zero-order valence-corrected chi connectivity index (χ0v) is 21.1. The molecule has 0 atom stereocenters. The zero-order chi connectivity index (χ0) is 24.4. The topological polar surface area (TPSA) is 9.23 Å². The maximum atomic E-state index is 6.24. The third-order valence-electron chi connectivity index (χ3n) is 8.30. The molecular formula is C35H34O. The van der Waals surface area contributed by atoms with E-state index < -0.39 is 0 Å². The summed E-state index contributed by atoms with van der Waals surface area (Å²) in [5.41, 5.74) is 3.58. The van der Waals surface area contributed by atoms with Crippen molar-refractivity contribution in [1.82, 2.24) is 0 Å². The lowest BCUT2D eigenvalue weighted by Gasteiger charge is -2.32. The molecule has 5 aromatic rings. The lowest BCUT2D eigenvalue weighted by atomic mass is 9.70. The Hall–Kier alpha value is -3.58. The van der Waals surface area contributed by atoms with Gasteiger partial charge < -0.3 is 4.74 Å². The van der Waals surface area contributed by atoms with Crippen molar-refractivity contribution >= 4 is 21.5 Å². The van der Waals surface area contributed by atoms with Crippen LogP contribution in [0.5, 0.6) is 5.75 Å². The number of hydrogen-bond donors (Lipinski definition) is 0. The molecule has 1 heteroatoms. The molecule has 0 radical (unpaired) electrons. The van der Waals surface area contributed by atoms with E-state index in [0.29, 0.717) is 5.92 Å². The molecule has 0 saturated heterocycles. The molecule has 180 valence electrons. The van der Waals surface area contributed by atoms with E-state index in [2.05, 4.69) is 116 Å². The van der Waals surface area contributed by atoms with Gasteiger partial charge in [-0.3, -0.25) is 0 Å². The smallest absolute Gasteiger partial charge is 0.119 e. The Kier molecular flexibility index (Phi) is 6.23. The molecule has 0 aliphatic heterocycles. The highest BCUT2D eigenvalue weighted by Gasteiger charge is 2.31. The maximum Gasteiger partial charge on any atom is 0.119 e. The molecule has 36 heavy (non-hydrogen) atoms. The van der Waals surface area contributed by atoms with Crippen molar-refractivity contribution < 1.29 is 4.74 Å². The van der Waals surface area contributed by atoms with Gasteiger partial charge in [0.05, 0.1) is 6.61 Å². The van der Waals surface area contributed by atoms with Crippen LogP contribution in [0.2, 0.25) is 0 Å². The Morgan fingerprint density at radius 2 is 1.08 bits per heavy atom. The van der Waals surface area contributed by atoms with E-state index in [0.717, 1.165) is 12.4 Å². The molecule has 1 aliphatic rings. The van der Waals surface area contributed by atoms with Crippen molar-refractivity contribution in [3.63, 3.8) is 0 Å². The van der Waals surface area contributed by atoms with Crippen molar-refractivity contribution in [2.45, 2.75) is 44.4 Å². The molecule has 0 N–H and O–H groups in total. The average Bonchev–Trinajstić information content (AvgIpc) is 2.96. The van der Waals surface area contributed by atoms with Gasteiger partial charge in [-0.2, -0.15) is 0 Å². The summed E-state index contributed by atoms with van der Waals surface area (Å²) in [6.45, 7) is 3.20. The Balaban J connectivity index is 1.40. The summed E-state index contributed by atoms with van der Waals surface area (Å²) in [6, 6.07) is 39.9. The lowest BCUT2D eigenvalue weighted by Crippen LogP contribution is -2.25. The first-order chi connectivity index (χ1) is 17.7.